The number of H-pyrrole nitrogens is 1. The molecule has 3 N–H and O–H groups in total. The summed E-state index contributed by atoms with van der Waals surface area (Å²) in [6.07, 6.45) is 0.697. The van der Waals surface area contributed by atoms with E-state index in [-0.39, 0.29) is 6.61 Å². The molecule has 0 radical (unpaired) electrons. The number of aliphatic hydroxyl groups excluding tert-OH is 1. The van der Waals surface area contributed by atoms with Crippen LogP contribution in [0, 0.1) is 4.64 Å². The van der Waals surface area contributed by atoms with Crippen LogP contribution in [0.3, 0.4) is 0 Å². The van der Waals surface area contributed by atoms with Gasteiger partial charge in [-0.15, -0.1) is 0 Å². The molecule has 6 heteroatoms. The number of aliphatic hydroxyl groups is 1. The van der Waals surface area contributed by atoms with Crippen molar-refractivity contribution < 1.29 is 9.84 Å². The first kappa shape index (κ1) is 12.1. The molecule has 1 rings (SSSR count). The van der Waals surface area contributed by atoms with Crippen LogP contribution in [0.5, 0.6) is 0 Å². The Morgan fingerprint density at radius 1 is 1.67 bits per heavy atom. The normalized spacial score (nSPS) is 10.3. The summed E-state index contributed by atoms with van der Waals surface area (Å²) < 4.78 is 5.48. The molecule has 0 aliphatic rings. The third-order valence-electron chi connectivity index (χ3n) is 1.72. The summed E-state index contributed by atoms with van der Waals surface area (Å²) in [7, 11) is 1.60. The number of nitrogens with one attached hydrogen (secondary N) is 2. The van der Waals surface area contributed by atoms with E-state index in [1.165, 1.54) is 0 Å². The second-order valence-corrected chi connectivity index (χ2v) is 3.43. The number of aromatic amines is 1. The predicted molar refractivity (Wildman–Crippen MR) is 60.3 cm³/mol. The second-order valence-electron chi connectivity index (χ2n) is 3.02. The Bertz CT molecular complexity index is 353. The van der Waals surface area contributed by atoms with Crippen LogP contribution in [0.25, 0.3) is 0 Å². The van der Waals surface area contributed by atoms with E-state index in [1.54, 1.807) is 13.2 Å². The summed E-state index contributed by atoms with van der Waals surface area (Å²) in [6, 6.07) is 1.74. The lowest BCUT2D eigenvalue weighted by Crippen LogP contribution is -2.07. The summed E-state index contributed by atoms with van der Waals surface area (Å²) in [5.74, 6) is 1.49. The van der Waals surface area contributed by atoms with Crippen LogP contribution in [0.15, 0.2) is 6.07 Å². The third-order valence-corrected chi connectivity index (χ3v) is 1.93. The molecule has 0 saturated heterocycles. The van der Waals surface area contributed by atoms with Gasteiger partial charge < -0.3 is 20.1 Å². The molecule has 5 nitrogen and oxygen atoms in total. The SMILES string of the molecule is COCc1nc(=S)cc(NCCCO)[nH]1. The summed E-state index contributed by atoms with van der Waals surface area (Å²) in [6.45, 7) is 1.26. The fourth-order valence-corrected chi connectivity index (χ4v) is 1.34. The number of anilines is 1. The molecule has 0 aromatic carbocycles. The van der Waals surface area contributed by atoms with Gasteiger partial charge in [-0.05, 0) is 6.42 Å². The van der Waals surface area contributed by atoms with E-state index in [9.17, 15) is 0 Å². The van der Waals surface area contributed by atoms with E-state index in [4.69, 9.17) is 22.1 Å². The van der Waals surface area contributed by atoms with Gasteiger partial charge >= 0.3 is 0 Å². The summed E-state index contributed by atoms with van der Waals surface area (Å²) in [5, 5.41) is 11.7. The van der Waals surface area contributed by atoms with Crippen LogP contribution in [0.1, 0.15) is 12.2 Å². The van der Waals surface area contributed by atoms with Gasteiger partial charge in [0.2, 0.25) is 0 Å². The van der Waals surface area contributed by atoms with E-state index in [2.05, 4.69) is 15.3 Å². The van der Waals surface area contributed by atoms with Crippen LogP contribution in [0.4, 0.5) is 5.82 Å². The summed E-state index contributed by atoms with van der Waals surface area (Å²) in [4.78, 5) is 7.15. The zero-order chi connectivity index (χ0) is 11.1. The van der Waals surface area contributed by atoms with Gasteiger partial charge in [-0.1, -0.05) is 12.2 Å². The maximum atomic E-state index is 8.63. The van der Waals surface area contributed by atoms with Crippen molar-refractivity contribution in [3.8, 4) is 0 Å². The number of methoxy groups -OCH3 is 1. The molecule has 0 aliphatic heterocycles. The van der Waals surface area contributed by atoms with E-state index in [1.807, 2.05) is 0 Å². The van der Waals surface area contributed by atoms with Crippen molar-refractivity contribution in [2.45, 2.75) is 13.0 Å². The maximum absolute atomic E-state index is 8.63. The first-order valence-corrected chi connectivity index (χ1v) is 5.11. The molecule has 0 aliphatic carbocycles. The Morgan fingerprint density at radius 2 is 2.47 bits per heavy atom. The van der Waals surface area contributed by atoms with E-state index in [0.717, 1.165) is 5.82 Å². The van der Waals surface area contributed by atoms with Crippen molar-refractivity contribution in [3.05, 3.63) is 16.5 Å². The fourth-order valence-electron chi connectivity index (χ4n) is 1.11. The van der Waals surface area contributed by atoms with Gasteiger partial charge in [0.1, 0.15) is 22.9 Å². The smallest absolute Gasteiger partial charge is 0.135 e. The van der Waals surface area contributed by atoms with Gasteiger partial charge in [0, 0.05) is 26.3 Å². The highest BCUT2D eigenvalue weighted by molar-refractivity contribution is 7.71. The minimum Gasteiger partial charge on any atom is -0.396 e. The van der Waals surface area contributed by atoms with Crippen molar-refractivity contribution in [1.82, 2.24) is 9.97 Å². The monoisotopic (exact) mass is 229 g/mol. The average Bonchev–Trinajstić information content (AvgIpc) is 2.18. The lowest BCUT2D eigenvalue weighted by molar-refractivity contribution is 0.178. The lowest BCUT2D eigenvalue weighted by atomic mass is 10.4. The Balaban J connectivity index is 2.66. The number of hydrogen-bond donors (Lipinski definition) is 3. The highest BCUT2D eigenvalue weighted by atomic mass is 32.1. The van der Waals surface area contributed by atoms with Crippen molar-refractivity contribution in [3.63, 3.8) is 0 Å². The molecule has 0 amide bonds. The van der Waals surface area contributed by atoms with E-state index >= 15 is 0 Å². The highest BCUT2D eigenvalue weighted by Crippen LogP contribution is 2.04. The zero-order valence-electron chi connectivity index (χ0n) is 8.62. The van der Waals surface area contributed by atoms with Crippen LogP contribution in [-0.2, 0) is 11.3 Å². The van der Waals surface area contributed by atoms with Gasteiger partial charge in [0.15, 0.2) is 0 Å². The predicted octanol–water partition coefficient (Wildman–Crippen LogP) is 1.08. The molecule has 0 unspecified atom stereocenters. The van der Waals surface area contributed by atoms with Crippen molar-refractivity contribution in [2.24, 2.45) is 0 Å². The van der Waals surface area contributed by atoms with E-state index < -0.39 is 0 Å². The number of aromatic nitrogens is 2. The second kappa shape index (κ2) is 6.49. The van der Waals surface area contributed by atoms with Crippen molar-refractivity contribution in [2.75, 3.05) is 25.6 Å². The first-order chi connectivity index (χ1) is 7.26. The first-order valence-electron chi connectivity index (χ1n) is 4.70. The molecule has 0 fully saturated rings. The van der Waals surface area contributed by atoms with Gasteiger partial charge in [0.05, 0.1) is 0 Å². The molecular formula is C9H15N3O2S. The molecule has 15 heavy (non-hydrogen) atoms. The number of hydrogen-bond acceptors (Lipinski definition) is 5. The van der Waals surface area contributed by atoms with Crippen LogP contribution < -0.4 is 5.32 Å². The molecule has 1 heterocycles. The summed E-state index contributed by atoms with van der Waals surface area (Å²) in [5.41, 5.74) is 0. The number of rotatable bonds is 6. The Morgan fingerprint density at radius 3 is 3.13 bits per heavy atom. The molecule has 0 saturated carbocycles. The Hall–Kier alpha value is -0.980. The molecule has 0 bridgehead atoms. The number of nitrogens with zero attached hydrogens (tertiary/aromatic N) is 1. The molecule has 0 spiro atoms. The average molecular weight is 229 g/mol. The van der Waals surface area contributed by atoms with Crippen LogP contribution in [0.2, 0.25) is 0 Å². The fraction of sp³-hybridized carbons (Fsp3) is 0.556. The molecule has 0 atom stereocenters. The standard InChI is InChI=1S/C9H15N3O2S/c1-14-6-8-11-7(5-9(15)12-8)10-3-2-4-13/h5,13H,2-4,6H2,1H3,(H2,10,11,12,15). The van der Waals surface area contributed by atoms with Gasteiger partial charge in [-0.3, -0.25) is 0 Å². The maximum Gasteiger partial charge on any atom is 0.135 e. The largest absolute Gasteiger partial charge is 0.396 e. The minimum atomic E-state index is 0.170. The Kier molecular flexibility index (Phi) is 5.23. The van der Waals surface area contributed by atoms with E-state index in [0.29, 0.717) is 30.0 Å². The molecular weight excluding hydrogens is 214 g/mol. The van der Waals surface area contributed by atoms with Gasteiger partial charge in [-0.25, -0.2) is 4.98 Å². The molecule has 1 aromatic rings. The number of ether oxygens (including phenoxy) is 1. The lowest BCUT2D eigenvalue weighted by Gasteiger charge is -2.07. The van der Waals surface area contributed by atoms with Gasteiger partial charge in [0.25, 0.3) is 0 Å². The quantitative estimate of drug-likeness (QED) is 0.503. The minimum absolute atomic E-state index is 0.170. The highest BCUT2D eigenvalue weighted by Gasteiger charge is 1.97. The molecule has 1 aromatic heterocycles. The zero-order valence-corrected chi connectivity index (χ0v) is 9.43. The third kappa shape index (κ3) is 4.37. The topological polar surface area (TPSA) is 70.2 Å². The Labute approximate surface area is 93.5 Å². The van der Waals surface area contributed by atoms with Crippen LogP contribution >= 0.6 is 12.2 Å². The summed E-state index contributed by atoms with van der Waals surface area (Å²) >= 11 is 5.00. The molecule has 84 valence electrons. The van der Waals surface area contributed by atoms with Gasteiger partial charge in [-0.2, -0.15) is 0 Å². The van der Waals surface area contributed by atoms with Crippen LogP contribution in [-0.4, -0.2) is 35.3 Å². The van der Waals surface area contributed by atoms with Crippen molar-refractivity contribution in [1.29, 1.82) is 0 Å². The van der Waals surface area contributed by atoms with Crippen molar-refractivity contribution >= 4 is 18.0 Å².